The zero-order valence-corrected chi connectivity index (χ0v) is 27.8. The van der Waals surface area contributed by atoms with Crippen LogP contribution in [0.15, 0.2) is 24.3 Å². The largest absolute Gasteiger partial charge is 0.472 e. The van der Waals surface area contributed by atoms with E-state index in [-0.39, 0.29) is 32.0 Å². The van der Waals surface area contributed by atoms with Gasteiger partial charge in [0.1, 0.15) is 6.61 Å². The first-order valence-electron chi connectivity index (χ1n) is 16.6. The highest BCUT2D eigenvalue weighted by molar-refractivity contribution is 7.47. The van der Waals surface area contributed by atoms with Crippen LogP contribution >= 0.6 is 7.82 Å². The van der Waals surface area contributed by atoms with Gasteiger partial charge in [0.15, 0.2) is 6.10 Å². The Morgan fingerprint density at radius 1 is 0.619 bits per heavy atom. The molecule has 42 heavy (non-hydrogen) atoms. The molecule has 2 unspecified atom stereocenters. The molecule has 0 heterocycles. The van der Waals surface area contributed by atoms with Crippen LogP contribution in [-0.4, -0.2) is 42.8 Å². The Kier molecular flexibility index (Phi) is 28.6. The molecule has 0 aromatic carbocycles. The first kappa shape index (κ1) is 40.5. The Bertz CT molecular complexity index is 752. The number of allylic oxidation sites excluding steroid dienone is 4. The van der Waals surface area contributed by atoms with Gasteiger partial charge in [-0.15, -0.1) is 0 Å². The van der Waals surface area contributed by atoms with Crippen molar-refractivity contribution in [1.29, 1.82) is 0 Å². The molecule has 0 radical (unpaired) electrons. The van der Waals surface area contributed by atoms with Gasteiger partial charge in [0, 0.05) is 12.8 Å². The molecule has 0 aromatic heterocycles. The Labute approximate surface area is 256 Å². The van der Waals surface area contributed by atoms with Crippen molar-refractivity contribution in [3.8, 4) is 0 Å². The van der Waals surface area contributed by atoms with Crippen LogP contribution in [0.3, 0.4) is 0 Å². The normalized spacial score (nSPS) is 13.9. The first-order chi connectivity index (χ1) is 20.3. The number of hydrogen-bond donors (Lipinski definition) is 1. The molecular weight excluding hydrogens is 555 g/mol. The van der Waals surface area contributed by atoms with Gasteiger partial charge < -0.3 is 14.4 Å². The Morgan fingerprint density at radius 3 is 1.67 bits per heavy atom. The van der Waals surface area contributed by atoms with E-state index in [0.717, 1.165) is 77.0 Å². The van der Waals surface area contributed by atoms with E-state index in [1.165, 1.54) is 32.1 Å². The van der Waals surface area contributed by atoms with E-state index >= 15 is 0 Å². The molecule has 0 saturated carbocycles. The Morgan fingerprint density at radius 2 is 1.12 bits per heavy atom. The third kappa shape index (κ3) is 28.6. The van der Waals surface area contributed by atoms with Gasteiger partial charge in [-0.3, -0.25) is 18.6 Å². The van der Waals surface area contributed by atoms with Crippen LogP contribution in [0.4, 0.5) is 0 Å². The summed E-state index contributed by atoms with van der Waals surface area (Å²) in [5.41, 5.74) is 0. The van der Waals surface area contributed by atoms with Crippen molar-refractivity contribution in [2.45, 2.75) is 155 Å². The predicted molar refractivity (Wildman–Crippen MR) is 170 cm³/mol. The number of carbonyl (C=O) groups is 2. The molecule has 246 valence electrons. The molecule has 0 aliphatic carbocycles. The maximum absolute atomic E-state index is 12.4. The van der Waals surface area contributed by atoms with Crippen LogP contribution in [0.25, 0.3) is 0 Å². The molecule has 8 nitrogen and oxygen atoms in total. The number of unbranched alkanes of at least 4 members (excludes halogenated alkanes) is 14. The molecule has 0 amide bonds. The molecule has 2 atom stereocenters. The Hall–Kier alpha value is -1.47. The van der Waals surface area contributed by atoms with Crippen LogP contribution in [0.1, 0.15) is 149 Å². The fourth-order valence-electron chi connectivity index (χ4n) is 4.27. The topological polar surface area (TPSA) is 108 Å². The van der Waals surface area contributed by atoms with Gasteiger partial charge in [-0.2, -0.15) is 0 Å². The first-order valence-corrected chi connectivity index (χ1v) is 18.1. The van der Waals surface area contributed by atoms with E-state index in [1.54, 1.807) is 6.92 Å². The van der Waals surface area contributed by atoms with Gasteiger partial charge in [-0.1, -0.05) is 95.9 Å². The Balaban J connectivity index is 4.26. The van der Waals surface area contributed by atoms with Crippen molar-refractivity contribution >= 4 is 19.8 Å². The van der Waals surface area contributed by atoms with Crippen molar-refractivity contribution in [2.75, 3.05) is 19.8 Å². The van der Waals surface area contributed by atoms with Crippen molar-refractivity contribution < 1.29 is 37.6 Å². The third-order valence-corrected chi connectivity index (χ3v) is 7.77. The van der Waals surface area contributed by atoms with Crippen LogP contribution in [-0.2, 0) is 32.7 Å². The van der Waals surface area contributed by atoms with Gasteiger partial charge in [0.25, 0.3) is 0 Å². The third-order valence-electron chi connectivity index (χ3n) is 6.71. The highest BCUT2D eigenvalue weighted by Gasteiger charge is 2.25. The van der Waals surface area contributed by atoms with Crippen molar-refractivity contribution in [1.82, 2.24) is 0 Å². The molecule has 1 N–H and O–H groups in total. The van der Waals surface area contributed by atoms with Gasteiger partial charge in [0.05, 0.1) is 13.2 Å². The van der Waals surface area contributed by atoms with Crippen LogP contribution in [0.2, 0.25) is 0 Å². The molecule has 9 heteroatoms. The zero-order valence-electron chi connectivity index (χ0n) is 26.9. The van der Waals surface area contributed by atoms with Crippen molar-refractivity contribution in [3.05, 3.63) is 24.3 Å². The molecule has 0 fully saturated rings. The SMILES string of the molecule is CCC/C=C\CCCCCCCC(=O)OCC(COP(=O)(O)OCC)OC(=O)CCCCCCC/C=C\CCCCC. The average Bonchev–Trinajstić information content (AvgIpc) is 2.96. The predicted octanol–water partition coefficient (Wildman–Crippen LogP) is 9.55. The van der Waals surface area contributed by atoms with Crippen LogP contribution < -0.4 is 0 Å². The lowest BCUT2D eigenvalue weighted by Crippen LogP contribution is -2.29. The number of phosphoric acid groups is 1. The molecule has 0 spiro atoms. The summed E-state index contributed by atoms with van der Waals surface area (Å²) in [6.07, 6.45) is 28.1. The molecule has 0 bridgehead atoms. The summed E-state index contributed by atoms with van der Waals surface area (Å²) in [6, 6.07) is 0. The van der Waals surface area contributed by atoms with Gasteiger partial charge in [0.2, 0.25) is 0 Å². The number of phosphoric ester groups is 1. The van der Waals surface area contributed by atoms with Crippen LogP contribution in [0.5, 0.6) is 0 Å². The average molecular weight is 617 g/mol. The smallest absolute Gasteiger partial charge is 0.462 e. The minimum absolute atomic E-state index is 0.00196. The van der Waals surface area contributed by atoms with Crippen molar-refractivity contribution in [2.24, 2.45) is 0 Å². The maximum atomic E-state index is 12.4. The second kappa shape index (κ2) is 29.6. The minimum Gasteiger partial charge on any atom is -0.462 e. The summed E-state index contributed by atoms with van der Waals surface area (Å²) >= 11 is 0. The van der Waals surface area contributed by atoms with Crippen LogP contribution in [0, 0.1) is 0 Å². The number of carbonyl (C=O) groups excluding carboxylic acids is 2. The monoisotopic (exact) mass is 616 g/mol. The lowest BCUT2D eigenvalue weighted by atomic mass is 10.1. The molecule has 0 aliphatic rings. The molecule has 0 rings (SSSR count). The molecule has 0 aliphatic heterocycles. The van der Waals surface area contributed by atoms with Gasteiger partial charge >= 0.3 is 19.8 Å². The molecule has 0 aromatic rings. The molecular formula is C33H61O8P. The second-order valence-electron chi connectivity index (χ2n) is 10.8. The van der Waals surface area contributed by atoms with E-state index in [0.29, 0.717) is 6.42 Å². The number of ether oxygens (including phenoxy) is 2. The summed E-state index contributed by atoms with van der Waals surface area (Å²) in [4.78, 5) is 34.3. The number of esters is 2. The fourth-order valence-corrected chi connectivity index (χ4v) is 5.03. The van der Waals surface area contributed by atoms with Crippen molar-refractivity contribution in [3.63, 3.8) is 0 Å². The quantitative estimate of drug-likeness (QED) is 0.0368. The highest BCUT2D eigenvalue weighted by atomic mass is 31.2. The van der Waals surface area contributed by atoms with Gasteiger partial charge in [-0.05, 0) is 64.7 Å². The van der Waals surface area contributed by atoms with E-state index in [1.807, 2.05) is 0 Å². The maximum Gasteiger partial charge on any atom is 0.472 e. The lowest BCUT2D eigenvalue weighted by molar-refractivity contribution is -0.161. The summed E-state index contributed by atoms with van der Waals surface area (Å²) in [5, 5.41) is 0. The number of hydrogen-bond acceptors (Lipinski definition) is 7. The standard InChI is InChI=1S/C33H61O8P/c1-4-7-9-11-13-15-17-18-20-22-24-26-28-33(35)41-31(30-40-42(36,37)39-6-3)29-38-32(34)27-25-23-21-19-16-14-12-10-8-5-2/h10,12-13,15,31H,4-9,11,14,16-30H2,1-3H3,(H,36,37)/b12-10-,15-13-. The highest BCUT2D eigenvalue weighted by Crippen LogP contribution is 2.43. The summed E-state index contributed by atoms with van der Waals surface area (Å²) < 4.78 is 32.3. The van der Waals surface area contributed by atoms with E-state index in [2.05, 4.69) is 38.2 Å². The molecule has 0 saturated heterocycles. The number of rotatable bonds is 30. The second-order valence-corrected chi connectivity index (χ2v) is 12.3. The lowest BCUT2D eigenvalue weighted by Gasteiger charge is -2.19. The fraction of sp³-hybridized carbons (Fsp3) is 0.818. The summed E-state index contributed by atoms with van der Waals surface area (Å²) in [7, 11) is -4.27. The zero-order chi connectivity index (χ0) is 31.2. The van der Waals surface area contributed by atoms with E-state index in [4.69, 9.17) is 18.5 Å². The van der Waals surface area contributed by atoms with E-state index < -0.39 is 26.5 Å². The van der Waals surface area contributed by atoms with E-state index in [9.17, 15) is 19.0 Å². The van der Waals surface area contributed by atoms with Gasteiger partial charge in [-0.25, -0.2) is 4.57 Å². The minimum atomic E-state index is -4.27. The summed E-state index contributed by atoms with van der Waals surface area (Å²) in [5.74, 6) is -0.824. The summed E-state index contributed by atoms with van der Waals surface area (Å²) in [6.45, 7) is 5.33.